The van der Waals surface area contributed by atoms with Gasteiger partial charge in [-0.3, -0.25) is 0 Å². The summed E-state index contributed by atoms with van der Waals surface area (Å²) in [7, 11) is -1.09. The number of fused-ring (bicyclic) bond motifs is 2. The second-order valence-corrected chi connectivity index (χ2v) is 7.48. The van der Waals surface area contributed by atoms with Gasteiger partial charge in [-0.05, 0) is 56.6 Å². The zero-order valence-electron chi connectivity index (χ0n) is 12.7. The largest absolute Gasteiger partial charge is 0.336 e. The smallest absolute Gasteiger partial charge is 0.0892 e. The predicted octanol–water partition coefficient (Wildman–Crippen LogP) is 3.30. The van der Waals surface area contributed by atoms with E-state index in [9.17, 15) is 4.21 Å². The summed E-state index contributed by atoms with van der Waals surface area (Å²) in [6.07, 6.45) is 1.20. The van der Waals surface area contributed by atoms with Gasteiger partial charge in [0.05, 0.1) is 32.0 Å². The molecule has 114 valence electrons. The number of para-hydroxylation sites is 2. The van der Waals surface area contributed by atoms with Crippen LogP contribution in [0.25, 0.3) is 0 Å². The summed E-state index contributed by atoms with van der Waals surface area (Å²) in [6, 6.07) is 16.6. The molecule has 0 bridgehead atoms. The lowest BCUT2D eigenvalue weighted by Crippen LogP contribution is -2.38. The first-order valence-electron chi connectivity index (χ1n) is 7.87. The number of rotatable bonds is 2. The van der Waals surface area contributed by atoms with Crippen LogP contribution >= 0.6 is 0 Å². The van der Waals surface area contributed by atoms with Gasteiger partial charge in [-0.2, -0.15) is 0 Å². The van der Waals surface area contributed by atoms with E-state index in [1.807, 2.05) is 36.4 Å². The summed E-state index contributed by atoms with van der Waals surface area (Å²) in [5.41, 5.74) is 2.19. The highest BCUT2D eigenvalue weighted by Gasteiger charge is 2.34. The van der Waals surface area contributed by atoms with Crippen molar-refractivity contribution in [2.24, 2.45) is 5.92 Å². The maximum absolute atomic E-state index is 12.9. The van der Waals surface area contributed by atoms with Crippen molar-refractivity contribution in [2.45, 2.75) is 29.2 Å². The maximum Gasteiger partial charge on any atom is 0.0892 e. The molecular weight excluding hydrogens is 292 g/mol. The predicted molar refractivity (Wildman–Crippen MR) is 90.1 cm³/mol. The van der Waals surface area contributed by atoms with Gasteiger partial charge in [0.2, 0.25) is 0 Å². The molecule has 4 rings (SSSR count). The molecule has 22 heavy (non-hydrogen) atoms. The third-order valence-corrected chi connectivity index (χ3v) is 6.33. The Bertz CT molecular complexity index is 675. The van der Waals surface area contributed by atoms with Crippen LogP contribution in [0.15, 0.2) is 58.3 Å². The van der Waals surface area contributed by atoms with Crippen LogP contribution in [0, 0.1) is 5.92 Å². The molecule has 4 heteroatoms. The highest BCUT2D eigenvalue weighted by molar-refractivity contribution is 7.85. The second kappa shape index (κ2) is 5.52. The van der Waals surface area contributed by atoms with Crippen LogP contribution in [0.2, 0.25) is 0 Å². The molecule has 2 aliphatic rings. The molecule has 2 unspecified atom stereocenters. The van der Waals surface area contributed by atoms with Gasteiger partial charge in [-0.15, -0.1) is 0 Å². The standard InChI is InChI=1S/C18H20N2OS/c1-13(14-10-11-19-12-14)20-15-6-2-4-8-17(15)22(21)18-9-5-3-7-16(18)20/h2-9,13-14,19H,10-12H2,1H3. The van der Waals surface area contributed by atoms with E-state index >= 15 is 0 Å². The average Bonchev–Trinajstić information content (AvgIpc) is 3.10. The van der Waals surface area contributed by atoms with Gasteiger partial charge in [-0.25, -0.2) is 4.21 Å². The molecule has 1 fully saturated rings. The van der Waals surface area contributed by atoms with Crippen molar-refractivity contribution in [1.82, 2.24) is 5.32 Å². The van der Waals surface area contributed by atoms with Gasteiger partial charge >= 0.3 is 0 Å². The molecule has 1 saturated heterocycles. The number of hydrogen-bond donors (Lipinski definition) is 1. The third kappa shape index (κ3) is 2.09. The van der Waals surface area contributed by atoms with Crippen molar-refractivity contribution in [3.8, 4) is 0 Å². The molecule has 1 N–H and O–H groups in total. The number of benzene rings is 2. The molecule has 0 radical (unpaired) electrons. The Labute approximate surface area is 133 Å². The second-order valence-electron chi connectivity index (χ2n) is 6.07. The summed E-state index contributed by atoms with van der Waals surface area (Å²) >= 11 is 0. The Morgan fingerprint density at radius 3 is 2.23 bits per heavy atom. The summed E-state index contributed by atoms with van der Waals surface area (Å²) in [5, 5.41) is 3.46. The Kier molecular flexibility index (Phi) is 3.51. The van der Waals surface area contributed by atoms with E-state index in [0.29, 0.717) is 12.0 Å². The molecule has 3 nitrogen and oxygen atoms in total. The normalized spacial score (nSPS) is 22.2. The first-order valence-corrected chi connectivity index (χ1v) is 9.02. The summed E-state index contributed by atoms with van der Waals surface area (Å²) in [4.78, 5) is 4.25. The number of hydrogen-bond acceptors (Lipinski definition) is 3. The quantitative estimate of drug-likeness (QED) is 0.923. The van der Waals surface area contributed by atoms with E-state index < -0.39 is 10.8 Å². The lowest BCUT2D eigenvalue weighted by molar-refractivity contribution is 0.472. The molecule has 0 spiro atoms. The Morgan fingerprint density at radius 2 is 1.68 bits per heavy atom. The molecule has 2 heterocycles. The van der Waals surface area contributed by atoms with E-state index in [2.05, 4.69) is 29.3 Å². The van der Waals surface area contributed by atoms with Crippen LogP contribution in [-0.2, 0) is 10.8 Å². The van der Waals surface area contributed by atoms with Crippen molar-refractivity contribution in [2.75, 3.05) is 18.0 Å². The van der Waals surface area contributed by atoms with Crippen LogP contribution in [0.5, 0.6) is 0 Å². The molecule has 0 aliphatic carbocycles. The molecule has 2 atom stereocenters. The van der Waals surface area contributed by atoms with E-state index in [4.69, 9.17) is 0 Å². The minimum atomic E-state index is -1.09. The minimum Gasteiger partial charge on any atom is -0.336 e. The first kappa shape index (κ1) is 14.0. The SMILES string of the molecule is CC(C1CCNC1)N1c2ccccc2S(=O)c2ccccc21. The molecule has 0 amide bonds. The number of anilines is 2. The lowest BCUT2D eigenvalue weighted by atomic mass is 9.97. The van der Waals surface area contributed by atoms with Crippen molar-refractivity contribution >= 4 is 22.2 Å². The van der Waals surface area contributed by atoms with E-state index in [0.717, 1.165) is 34.3 Å². The van der Waals surface area contributed by atoms with Gasteiger partial charge < -0.3 is 10.2 Å². The topological polar surface area (TPSA) is 32.3 Å². The van der Waals surface area contributed by atoms with Crippen LogP contribution in [0.1, 0.15) is 13.3 Å². The van der Waals surface area contributed by atoms with Crippen molar-refractivity contribution in [3.63, 3.8) is 0 Å². The average molecular weight is 312 g/mol. The van der Waals surface area contributed by atoms with E-state index in [1.54, 1.807) is 0 Å². The van der Waals surface area contributed by atoms with Crippen LogP contribution < -0.4 is 10.2 Å². The highest BCUT2D eigenvalue weighted by Crippen LogP contribution is 2.44. The summed E-state index contributed by atoms with van der Waals surface area (Å²) < 4.78 is 12.9. The number of nitrogens with one attached hydrogen (secondary N) is 1. The van der Waals surface area contributed by atoms with Gasteiger partial charge in [0.25, 0.3) is 0 Å². The maximum atomic E-state index is 12.9. The molecule has 2 aromatic rings. The zero-order chi connectivity index (χ0) is 15.1. The Hall–Kier alpha value is -1.65. The lowest BCUT2D eigenvalue weighted by Gasteiger charge is -2.39. The molecular formula is C18H20N2OS. The Morgan fingerprint density at radius 1 is 1.09 bits per heavy atom. The van der Waals surface area contributed by atoms with E-state index in [1.165, 1.54) is 6.42 Å². The zero-order valence-corrected chi connectivity index (χ0v) is 13.5. The fraction of sp³-hybridized carbons (Fsp3) is 0.333. The highest BCUT2D eigenvalue weighted by atomic mass is 32.2. The Balaban J connectivity index is 1.87. The molecule has 0 saturated carbocycles. The van der Waals surface area contributed by atoms with Crippen molar-refractivity contribution < 1.29 is 4.21 Å². The monoisotopic (exact) mass is 312 g/mol. The molecule has 2 aliphatic heterocycles. The fourth-order valence-electron chi connectivity index (χ4n) is 3.61. The summed E-state index contributed by atoms with van der Waals surface area (Å²) in [6.45, 7) is 4.45. The van der Waals surface area contributed by atoms with Gasteiger partial charge in [-0.1, -0.05) is 24.3 Å². The molecule has 0 aromatic heterocycles. The number of nitrogens with zero attached hydrogens (tertiary/aromatic N) is 1. The van der Waals surface area contributed by atoms with Gasteiger partial charge in [0.1, 0.15) is 0 Å². The van der Waals surface area contributed by atoms with Crippen LogP contribution in [0.4, 0.5) is 11.4 Å². The minimum absolute atomic E-state index is 0.384. The van der Waals surface area contributed by atoms with E-state index in [-0.39, 0.29) is 0 Å². The van der Waals surface area contributed by atoms with Crippen LogP contribution in [-0.4, -0.2) is 23.3 Å². The van der Waals surface area contributed by atoms with Gasteiger partial charge in [0.15, 0.2) is 0 Å². The third-order valence-electron chi connectivity index (χ3n) is 4.84. The first-order chi connectivity index (χ1) is 10.8. The van der Waals surface area contributed by atoms with Crippen molar-refractivity contribution in [3.05, 3.63) is 48.5 Å². The van der Waals surface area contributed by atoms with Gasteiger partial charge in [0, 0.05) is 6.04 Å². The summed E-state index contributed by atoms with van der Waals surface area (Å²) in [5.74, 6) is 0.618. The van der Waals surface area contributed by atoms with Crippen LogP contribution in [0.3, 0.4) is 0 Å². The fourth-order valence-corrected chi connectivity index (χ4v) is 4.97. The molecule has 2 aromatic carbocycles. The van der Waals surface area contributed by atoms with Crippen molar-refractivity contribution in [1.29, 1.82) is 0 Å².